The highest BCUT2D eigenvalue weighted by Gasteiger charge is 2.35. The molecule has 0 bridgehead atoms. The third-order valence-electron chi connectivity index (χ3n) is 6.80. The molecule has 7 nitrogen and oxygen atoms in total. The molecule has 1 fully saturated rings. The fourth-order valence-electron chi connectivity index (χ4n) is 4.73. The first-order valence-electron chi connectivity index (χ1n) is 13.0. The minimum atomic E-state index is -0.385. The number of hydrogen-bond acceptors (Lipinski definition) is 4. The molecule has 0 spiro atoms. The van der Waals surface area contributed by atoms with Crippen molar-refractivity contribution in [3.8, 4) is 0 Å². The number of H-pyrrole nitrogens is 1. The molecular formula is C25H42N4O3. The zero-order chi connectivity index (χ0) is 22.8. The molecular weight excluding hydrogens is 404 g/mol. The van der Waals surface area contributed by atoms with E-state index in [1.165, 1.54) is 81.6 Å². The van der Waals surface area contributed by atoms with Crippen LogP contribution < -0.4 is 11.2 Å². The van der Waals surface area contributed by atoms with Gasteiger partial charge in [0.2, 0.25) is 0 Å². The van der Waals surface area contributed by atoms with Gasteiger partial charge in [-0.3, -0.25) is 14.3 Å². The van der Waals surface area contributed by atoms with Crippen molar-refractivity contribution in [3.05, 3.63) is 27.2 Å². The Morgan fingerprint density at radius 3 is 2.03 bits per heavy atom. The predicted octanol–water partition coefficient (Wildman–Crippen LogP) is 5.15. The Balaban J connectivity index is 1.17. The average Bonchev–Trinajstić information content (AvgIpc) is 3.43. The van der Waals surface area contributed by atoms with Crippen LogP contribution in [0.3, 0.4) is 0 Å². The Labute approximate surface area is 191 Å². The number of fused-ring (bicyclic) bond motifs is 1. The molecule has 1 aliphatic heterocycles. The monoisotopic (exact) mass is 446 g/mol. The van der Waals surface area contributed by atoms with Crippen LogP contribution in [0.1, 0.15) is 104 Å². The molecule has 1 aliphatic rings. The molecule has 2 aromatic rings. The fraction of sp³-hybridized carbons (Fsp3) is 0.800. The molecule has 1 N–H and O–H groups in total. The van der Waals surface area contributed by atoms with Gasteiger partial charge < -0.3 is 9.30 Å². The van der Waals surface area contributed by atoms with E-state index in [-0.39, 0.29) is 11.2 Å². The minimum Gasteiger partial charge on any atom is -0.370 e. The molecule has 0 aliphatic carbocycles. The first-order valence-corrected chi connectivity index (χ1v) is 13.0. The van der Waals surface area contributed by atoms with Crippen LogP contribution in [0, 0.1) is 0 Å². The highest BCUT2D eigenvalue weighted by atomic mass is 16.6. The van der Waals surface area contributed by atoms with Gasteiger partial charge >= 0.3 is 5.69 Å². The summed E-state index contributed by atoms with van der Waals surface area (Å²) in [6.45, 7) is 5.15. The number of imidazole rings is 1. The molecule has 0 amide bonds. The molecule has 2 aromatic heterocycles. The van der Waals surface area contributed by atoms with Gasteiger partial charge in [0.25, 0.3) is 5.56 Å². The largest absolute Gasteiger partial charge is 0.370 e. The first kappa shape index (κ1) is 24.7. The van der Waals surface area contributed by atoms with Crippen molar-refractivity contribution in [2.75, 3.05) is 0 Å². The van der Waals surface area contributed by atoms with Gasteiger partial charge in [0.15, 0.2) is 11.2 Å². The maximum Gasteiger partial charge on any atom is 0.330 e. The van der Waals surface area contributed by atoms with E-state index >= 15 is 0 Å². The van der Waals surface area contributed by atoms with Crippen molar-refractivity contribution in [1.82, 2.24) is 19.1 Å². The van der Waals surface area contributed by atoms with E-state index in [4.69, 9.17) is 4.74 Å². The molecule has 2 atom stereocenters. The highest BCUT2D eigenvalue weighted by Crippen LogP contribution is 2.29. The summed E-state index contributed by atoms with van der Waals surface area (Å²) >= 11 is 0. The van der Waals surface area contributed by atoms with Gasteiger partial charge in [-0.25, -0.2) is 9.78 Å². The molecule has 0 aromatic carbocycles. The van der Waals surface area contributed by atoms with Crippen molar-refractivity contribution in [1.29, 1.82) is 0 Å². The van der Waals surface area contributed by atoms with Crippen LogP contribution in [-0.2, 0) is 17.8 Å². The quantitative estimate of drug-likeness (QED) is 0.269. The summed E-state index contributed by atoms with van der Waals surface area (Å²) in [5.41, 5.74) is 0.277. The minimum absolute atomic E-state index is 0.245. The standard InChI is InChI=1S/C25H42N4O3/c1-3-20-21(32-20)17-15-13-11-9-7-5-6-8-10-12-14-16-18-28-19-26-23-22(28)24(30)29(4-2)25(31)27-23/h19-21H,3-18H2,1-2H3,(H,27,31). The second-order valence-corrected chi connectivity index (χ2v) is 9.27. The van der Waals surface area contributed by atoms with Crippen LogP contribution in [0.4, 0.5) is 0 Å². The van der Waals surface area contributed by atoms with Crippen LogP contribution in [0.15, 0.2) is 15.9 Å². The van der Waals surface area contributed by atoms with Gasteiger partial charge in [-0.15, -0.1) is 0 Å². The van der Waals surface area contributed by atoms with Crippen molar-refractivity contribution in [2.24, 2.45) is 0 Å². The maximum absolute atomic E-state index is 12.5. The van der Waals surface area contributed by atoms with E-state index in [9.17, 15) is 9.59 Å². The van der Waals surface area contributed by atoms with Crippen LogP contribution in [0.25, 0.3) is 11.2 Å². The summed E-state index contributed by atoms with van der Waals surface area (Å²) in [7, 11) is 0. The van der Waals surface area contributed by atoms with Crippen molar-refractivity contribution >= 4 is 11.2 Å². The number of aromatic amines is 1. The Kier molecular flexibility index (Phi) is 10.0. The fourth-order valence-corrected chi connectivity index (χ4v) is 4.73. The molecule has 7 heteroatoms. The predicted molar refractivity (Wildman–Crippen MR) is 129 cm³/mol. The number of nitrogens with zero attached hydrogens (tertiary/aromatic N) is 3. The van der Waals surface area contributed by atoms with Gasteiger partial charge in [0.05, 0.1) is 18.5 Å². The van der Waals surface area contributed by atoms with Crippen molar-refractivity contribution in [2.45, 2.75) is 129 Å². The van der Waals surface area contributed by atoms with Gasteiger partial charge in [-0.05, 0) is 26.2 Å². The third kappa shape index (κ3) is 7.06. The number of ether oxygens (including phenoxy) is 1. The van der Waals surface area contributed by atoms with Crippen LogP contribution in [-0.4, -0.2) is 31.3 Å². The zero-order valence-electron chi connectivity index (χ0n) is 20.1. The summed E-state index contributed by atoms with van der Waals surface area (Å²) in [6, 6.07) is 0. The van der Waals surface area contributed by atoms with Crippen LogP contribution >= 0.6 is 0 Å². The van der Waals surface area contributed by atoms with E-state index in [0.29, 0.717) is 29.9 Å². The van der Waals surface area contributed by atoms with Crippen molar-refractivity contribution in [3.63, 3.8) is 0 Å². The number of nitrogens with one attached hydrogen (secondary N) is 1. The number of hydrogen-bond donors (Lipinski definition) is 1. The van der Waals surface area contributed by atoms with Gasteiger partial charge in [-0.1, -0.05) is 77.6 Å². The lowest BCUT2D eigenvalue weighted by Gasteiger charge is -2.06. The number of aromatic nitrogens is 4. The van der Waals surface area contributed by atoms with E-state index < -0.39 is 0 Å². The highest BCUT2D eigenvalue weighted by molar-refractivity contribution is 5.69. The summed E-state index contributed by atoms with van der Waals surface area (Å²) < 4.78 is 8.71. The van der Waals surface area contributed by atoms with E-state index in [1.54, 1.807) is 13.3 Å². The summed E-state index contributed by atoms with van der Waals surface area (Å²) in [6.07, 6.45) is 20.9. The number of unbranched alkanes of at least 4 members (excludes halogenated alkanes) is 11. The van der Waals surface area contributed by atoms with E-state index in [2.05, 4.69) is 16.9 Å². The lowest BCUT2D eigenvalue weighted by molar-refractivity contribution is 0.355. The molecule has 0 saturated carbocycles. The maximum atomic E-state index is 12.5. The van der Waals surface area contributed by atoms with Gasteiger partial charge in [0, 0.05) is 13.1 Å². The Hall–Kier alpha value is -1.89. The van der Waals surface area contributed by atoms with E-state index in [0.717, 1.165) is 19.4 Å². The molecule has 3 rings (SSSR count). The lowest BCUT2D eigenvalue weighted by atomic mass is 10.0. The smallest absolute Gasteiger partial charge is 0.330 e. The SMILES string of the molecule is CCC1OC1CCCCCCCCCCCCCCn1cnc2[nH]c(=O)n(CC)c(=O)c21. The first-order chi connectivity index (χ1) is 15.7. The van der Waals surface area contributed by atoms with E-state index in [1.807, 2.05) is 4.57 Å². The lowest BCUT2D eigenvalue weighted by Crippen LogP contribution is -2.35. The number of epoxide rings is 1. The van der Waals surface area contributed by atoms with Gasteiger partial charge in [-0.2, -0.15) is 0 Å². The molecule has 0 radical (unpaired) electrons. The van der Waals surface area contributed by atoms with Crippen LogP contribution in [0.2, 0.25) is 0 Å². The third-order valence-corrected chi connectivity index (χ3v) is 6.80. The molecule has 32 heavy (non-hydrogen) atoms. The van der Waals surface area contributed by atoms with Gasteiger partial charge in [0.1, 0.15) is 0 Å². The second-order valence-electron chi connectivity index (χ2n) is 9.27. The molecule has 2 unspecified atom stereocenters. The summed E-state index contributed by atoms with van der Waals surface area (Å²) in [4.78, 5) is 31.3. The Bertz CT molecular complexity index is 929. The average molecular weight is 447 g/mol. The molecule has 1 saturated heterocycles. The number of aryl methyl sites for hydroxylation is 1. The zero-order valence-corrected chi connectivity index (χ0v) is 20.1. The second kappa shape index (κ2) is 13.0. The topological polar surface area (TPSA) is 85.2 Å². The normalized spacial score (nSPS) is 17.9. The summed E-state index contributed by atoms with van der Waals surface area (Å²) in [5.74, 6) is 0. The molecule has 3 heterocycles. The molecule has 180 valence electrons. The Morgan fingerprint density at radius 2 is 1.47 bits per heavy atom. The van der Waals surface area contributed by atoms with Crippen LogP contribution in [0.5, 0.6) is 0 Å². The Morgan fingerprint density at radius 1 is 0.875 bits per heavy atom. The van der Waals surface area contributed by atoms with Crippen molar-refractivity contribution < 1.29 is 4.74 Å². The number of rotatable bonds is 17. The summed E-state index contributed by atoms with van der Waals surface area (Å²) in [5, 5.41) is 0.